The molecular weight excluding hydrogens is 341 g/mol. The molecule has 0 bridgehead atoms. The highest BCUT2D eigenvalue weighted by Gasteiger charge is 2.18. The van der Waals surface area contributed by atoms with Gasteiger partial charge in [0.05, 0.1) is 4.58 Å². The lowest BCUT2D eigenvalue weighted by Crippen LogP contribution is -2.26. The first-order valence-electron chi connectivity index (χ1n) is 7.96. The highest BCUT2D eigenvalue weighted by molar-refractivity contribution is 8.16. The molecule has 1 saturated heterocycles. The molecule has 1 fully saturated rings. The lowest BCUT2D eigenvalue weighted by molar-refractivity contribution is 0.0785. The molecule has 1 aliphatic heterocycles. The van der Waals surface area contributed by atoms with Crippen LogP contribution in [0.3, 0.4) is 0 Å². The number of carbonyl (C=O) groups excluding carboxylic acids is 1. The second-order valence-electron chi connectivity index (χ2n) is 5.84. The van der Waals surface area contributed by atoms with Crippen LogP contribution in [0.25, 0.3) is 0 Å². The van der Waals surface area contributed by atoms with Gasteiger partial charge in [-0.1, -0.05) is 24.3 Å². The van der Waals surface area contributed by atoms with E-state index in [4.69, 9.17) is 0 Å². The quantitative estimate of drug-likeness (QED) is 0.767. The van der Waals surface area contributed by atoms with E-state index in [0.717, 1.165) is 5.56 Å². The molecule has 1 amide bonds. The first-order chi connectivity index (χ1) is 11.6. The summed E-state index contributed by atoms with van der Waals surface area (Å²) in [6.45, 7) is 0.467. The summed E-state index contributed by atoms with van der Waals surface area (Å²) in [5, 5.41) is 0. The van der Waals surface area contributed by atoms with E-state index in [1.165, 1.54) is 35.6 Å². The number of rotatable bonds is 4. The van der Waals surface area contributed by atoms with Gasteiger partial charge in [-0.25, -0.2) is 4.39 Å². The van der Waals surface area contributed by atoms with Crippen LogP contribution in [0.5, 0.6) is 0 Å². The molecule has 0 spiro atoms. The van der Waals surface area contributed by atoms with Crippen LogP contribution in [-0.4, -0.2) is 29.4 Å². The molecule has 1 heterocycles. The predicted octanol–water partition coefficient (Wildman–Crippen LogP) is 4.97. The van der Waals surface area contributed by atoms with Gasteiger partial charge in [0.2, 0.25) is 0 Å². The second-order valence-corrected chi connectivity index (χ2v) is 8.56. The van der Waals surface area contributed by atoms with E-state index in [1.807, 2.05) is 35.7 Å². The van der Waals surface area contributed by atoms with Crippen LogP contribution >= 0.6 is 23.5 Å². The fourth-order valence-corrected chi connectivity index (χ4v) is 5.51. The molecule has 0 N–H and O–H groups in total. The van der Waals surface area contributed by atoms with Crippen molar-refractivity contribution in [1.29, 1.82) is 0 Å². The first-order valence-corrected chi connectivity index (χ1v) is 10.1. The third kappa shape index (κ3) is 4.33. The molecule has 0 aliphatic carbocycles. The Morgan fingerprint density at radius 3 is 2.33 bits per heavy atom. The molecular formula is C19H20FNOS2. The van der Waals surface area contributed by atoms with Gasteiger partial charge in [0.1, 0.15) is 5.82 Å². The smallest absolute Gasteiger partial charge is 0.253 e. The molecule has 0 unspecified atom stereocenters. The van der Waals surface area contributed by atoms with Gasteiger partial charge in [0, 0.05) is 19.2 Å². The van der Waals surface area contributed by atoms with Crippen LogP contribution in [0.1, 0.15) is 32.5 Å². The van der Waals surface area contributed by atoms with Gasteiger partial charge in [-0.3, -0.25) is 4.79 Å². The van der Waals surface area contributed by atoms with Gasteiger partial charge >= 0.3 is 0 Å². The molecule has 2 nitrogen and oxygen atoms in total. The molecule has 2 aromatic carbocycles. The Kier molecular flexibility index (Phi) is 5.85. The molecule has 0 saturated carbocycles. The maximum absolute atomic E-state index is 13.0. The molecule has 0 radical (unpaired) electrons. The third-order valence-electron chi connectivity index (χ3n) is 3.94. The van der Waals surface area contributed by atoms with Gasteiger partial charge in [0.15, 0.2) is 0 Å². The number of halogens is 1. The zero-order valence-corrected chi connectivity index (χ0v) is 15.2. The minimum absolute atomic E-state index is 0.0187. The molecule has 24 heavy (non-hydrogen) atoms. The van der Waals surface area contributed by atoms with E-state index in [1.54, 1.807) is 24.1 Å². The number of benzene rings is 2. The van der Waals surface area contributed by atoms with E-state index in [2.05, 4.69) is 12.1 Å². The summed E-state index contributed by atoms with van der Waals surface area (Å²) in [6, 6.07) is 14.2. The van der Waals surface area contributed by atoms with Gasteiger partial charge < -0.3 is 4.90 Å². The van der Waals surface area contributed by atoms with E-state index < -0.39 is 0 Å². The highest BCUT2D eigenvalue weighted by atomic mass is 32.2. The maximum atomic E-state index is 13.0. The van der Waals surface area contributed by atoms with E-state index >= 15 is 0 Å². The van der Waals surface area contributed by atoms with Crippen LogP contribution in [0.2, 0.25) is 0 Å². The van der Waals surface area contributed by atoms with Crippen molar-refractivity contribution >= 4 is 29.4 Å². The molecule has 5 heteroatoms. The van der Waals surface area contributed by atoms with E-state index in [9.17, 15) is 9.18 Å². The Morgan fingerprint density at radius 2 is 1.71 bits per heavy atom. The Morgan fingerprint density at radius 1 is 1.08 bits per heavy atom. The van der Waals surface area contributed by atoms with Gasteiger partial charge in [-0.15, -0.1) is 23.5 Å². The van der Waals surface area contributed by atoms with Crippen molar-refractivity contribution in [1.82, 2.24) is 4.90 Å². The largest absolute Gasteiger partial charge is 0.337 e. The SMILES string of the molecule is CN(Cc1ccc(F)cc1)C(=O)c1ccc(C2SCCCS2)cc1. The zero-order valence-electron chi connectivity index (χ0n) is 13.6. The zero-order chi connectivity index (χ0) is 16.9. The summed E-state index contributed by atoms with van der Waals surface area (Å²) in [4.78, 5) is 14.2. The number of thioether (sulfide) groups is 2. The summed E-state index contributed by atoms with van der Waals surface area (Å²) < 4.78 is 13.4. The third-order valence-corrected chi connectivity index (χ3v) is 6.95. The van der Waals surface area contributed by atoms with Crippen molar-refractivity contribution < 1.29 is 9.18 Å². The Hall–Kier alpha value is -1.46. The molecule has 3 rings (SSSR count). The van der Waals surface area contributed by atoms with Crippen LogP contribution in [0.15, 0.2) is 48.5 Å². The topological polar surface area (TPSA) is 20.3 Å². The number of carbonyl (C=O) groups is 1. The monoisotopic (exact) mass is 361 g/mol. The predicted molar refractivity (Wildman–Crippen MR) is 101 cm³/mol. The van der Waals surface area contributed by atoms with Crippen molar-refractivity contribution in [3.8, 4) is 0 Å². The molecule has 0 aromatic heterocycles. The summed E-state index contributed by atoms with van der Waals surface area (Å²) in [7, 11) is 1.77. The summed E-state index contributed by atoms with van der Waals surface area (Å²) >= 11 is 3.95. The van der Waals surface area contributed by atoms with Crippen LogP contribution in [0, 0.1) is 5.82 Å². The number of hydrogen-bond donors (Lipinski definition) is 0. The van der Waals surface area contributed by atoms with Crippen LogP contribution in [-0.2, 0) is 6.54 Å². The van der Waals surface area contributed by atoms with Gasteiger partial charge in [0.25, 0.3) is 5.91 Å². The Bertz CT molecular complexity index is 682. The van der Waals surface area contributed by atoms with Gasteiger partial charge in [-0.2, -0.15) is 0 Å². The second kappa shape index (κ2) is 8.08. The van der Waals surface area contributed by atoms with Crippen molar-refractivity contribution in [3.05, 3.63) is 71.0 Å². The van der Waals surface area contributed by atoms with Gasteiger partial charge in [-0.05, 0) is 53.3 Å². The summed E-state index contributed by atoms with van der Waals surface area (Å²) in [5.74, 6) is 2.13. The minimum atomic E-state index is -0.262. The average Bonchev–Trinajstić information content (AvgIpc) is 2.64. The standard InChI is InChI=1S/C19H20FNOS2/c1-21(13-14-3-9-17(20)10-4-14)18(22)15-5-7-16(8-6-15)19-23-11-2-12-24-19/h3-10,19H,2,11-13H2,1H3. The number of amides is 1. The Balaban J connectivity index is 1.64. The van der Waals surface area contributed by atoms with Crippen molar-refractivity contribution in [3.63, 3.8) is 0 Å². The molecule has 1 aliphatic rings. The van der Waals surface area contributed by atoms with E-state index in [0.29, 0.717) is 16.7 Å². The Labute approximate surface area is 150 Å². The van der Waals surface area contributed by atoms with Crippen molar-refractivity contribution in [2.24, 2.45) is 0 Å². The van der Waals surface area contributed by atoms with Crippen molar-refractivity contribution in [2.45, 2.75) is 17.5 Å². The van der Waals surface area contributed by atoms with Crippen LogP contribution in [0.4, 0.5) is 4.39 Å². The molecule has 0 atom stereocenters. The molecule has 2 aromatic rings. The fraction of sp³-hybridized carbons (Fsp3) is 0.316. The summed E-state index contributed by atoms with van der Waals surface area (Å²) in [5.41, 5.74) is 2.88. The fourth-order valence-electron chi connectivity index (χ4n) is 2.62. The average molecular weight is 362 g/mol. The maximum Gasteiger partial charge on any atom is 0.253 e. The molecule has 126 valence electrons. The van der Waals surface area contributed by atoms with Crippen molar-refractivity contribution in [2.75, 3.05) is 18.6 Å². The minimum Gasteiger partial charge on any atom is -0.337 e. The lowest BCUT2D eigenvalue weighted by atomic mass is 10.1. The number of hydrogen-bond acceptors (Lipinski definition) is 3. The number of nitrogens with zero attached hydrogens (tertiary/aromatic N) is 1. The van der Waals surface area contributed by atoms with Crippen LogP contribution < -0.4 is 0 Å². The van der Waals surface area contributed by atoms with E-state index in [-0.39, 0.29) is 11.7 Å². The normalized spacial score (nSPS) is 15.2. The highest BCUT2D eigenvalue weighted by Crippen LogP contribution is 2.43. The summed E-state index contributed by atoms with van der Waals surface area (Å²) in [6.07, 6.45) is 1.27. The first kappa shape index (κ1) is 17.4. The lowest BCUT2D eigenvalue weighted by Gasteiger charge is -2.22.